The minimum atomic E-state index is -0.208. The molecule has 0 saturated carbocycles. The van der Waals surface area contributed by atoms with Gasteiger partial charge >= 0.3 is 0 Å². The quantitative estimate of drug-likeness (QED) is 0.713. The summed E-state index contributed by atoms with van der Waals surface area (Å²) < 4.78 is 0. The SMILES string of the molecule is Cc1c2c(c(C)c3c1=CC(=O)C(C(C)(C)C)=C3)=CC(=O)C(C(C)(C)C)=C2. The smallest absolute Gasteiger partial charge is 0.182 e. The average Bonchev–Trinajstić information content (AvgIpc) is 2.49. The summed E-state index contributed by atoms with van der Waals surface area (Å²) in [6.07, 6.45) is 7.61. The Labute approximate surface area is 156 Å². The number of hydrogen-bond acceptors (Lipinski definition) is 2. The normalized spacial score (nSPS) is 16.9. The maximum Gasteiger partial charge on any atom is 0.182 e. The van der Waals surface area contributed by atoms with Crippen LogP contribution in [0.1, 0.15) is 63.8 Å². The van der Waals surface area contributed by atoms with Crippen molar-refractivity contribution in [1.82, 2.24) is 0 Å². The van der Waals surface area contributed by atoms with Crippen LogP contribution in [-0.2, 0) is 9.59 Å². The largest absolute Gasteiger partial charge is 0.290 e. The topological polar surface area (TPSA) is 34.1 Å². The second-order valence-corrected chi connectivity index (χ2v) is 9.54. The summed E-state index contributed by atoms with van der Waals surface area (Å²) in [6, 6.07) is 0. The summed E-state index contributed by atoms with van der Waals surface area (Å²) in [6.45, 7) is 16.5. The van der Waals surface area contributed by atoms with E-state index in [0.717, 1.165) is 43.8 Å². The monoisotopic (exact) mass is 348 g/mol. The van der Waals surface area contributed by atoms with Gasteiger partial charge in [-0.25, -0.2) is 0 Å². The van der Waals surface area contributed by atoms with E-state index < -0.39 is 0 Å². The van der Waals surface area contributed by atoms with E-state index in [1.165, 1.54) is 0 Å². The lowest BCUT2D eigenvalue weighted by molar-refractivity contribution is -0.111. The average molecular weight is 348 g/mol. The molecule has 26 heavy (non-hydrogen) atoms. The van der Waals surface area contributed by atoms with Crippen LogP contribution in [0.4, 0.5) is 0 Å². The van der Waals surface area contributed by atoms with Gasteiger partial charge in [0.1, 0.15) is 0 Å². The number of Topliss-reactive ketones (excluding diaryl/α,β-unsaturated/α-hetero) is 2. The molecule has 0 N–H and O–H groups in total. The minimum absolute atomic E-state index is 0.0864. The fraction of sp³-hybridized carbons (Fsp3) is 0.417. The van der Waals surface area contributed by atoms with Gasteiger partial charge in [0.05, 0.1) is 0 Å². The predicted octanol–water partition coefficient (Wildman–Crippen LogP) is 3.89. The van der Waals surface area contributed by atoms with Crippen molar-refractivity contribution in [3.63, 3.8) is 0 Å². The second kappa shape index (κ2) is 5.64. The lowest BCUT2D eigenvalue weighted by Crippen LogP contribution is -2.33. The van der Waals surface area contributed by atoms with Crippen molar-refractivity contribution in [3.8, 4) is 0 Å². The van der Waals surface area contributed by atoms with E-state index in [1.807, 2.05) is 12.2 Å². The van der Waals surface area contributed by atoms with E-state index >= 15 is 0 Å². The molecule has 0 bridgehead atoms. The van der Waals surface area contributed by atoms with Gasteiger partial charge in [-0.1, -0.05) is 41.5 Å². The molecule has 0 atom stereocenters. The third-order valence-corrected chi connectivity index (χ3v) is 5.47. The Morgan fingerprint density at radius 1 is 0.577 bits per heavy atom. The molecule has 0 fully saturated rings. The number of hydrogen-bond donors (Lipinski definition) is 0. The van der Waals surface area contributed by atoms with Crippen LogP contribution in [0.15, 0.2) is 11.1 Å². The number of carbonyl (C=O) groups is 2. The molecule has 0 amide bonds. The van der Waals surface area contributed by atoms with Crippen LogP contribution in [0, 0.1) is 24.7 Å². The molecule has 0 saturated heterocycles. The number of carbonyl (C=O) groups excluding carboxylic acids is 2. The lowest BCUT2D eigenvalue weighted by atomic mass is 9.76. The summed E-state index contributed by atoms with van der Waals surface area (Å²) in [4.78, 5) is 25.4. The van der Waals surface area contributed by atoms with Crippen molar-refractivity contribution in [2.45, 2.75) is 55.4 Å². The number of benzene rings is 1. The van der Waals surface area contributed by atoms with Crippen LogP contribution in [-0.4, -0.2) is 11.6 Å². The summed E-state index contributed by atoms with van der Waals surface area (Å²) >= 11 is 0. The predicted molar refractivity (Wildman–Crippen MR) is 109 cm³/mol. The molecule has 3 rings (SSSR count). The molecule has 0 unspecified atom stereocenters. The molecule has 0 radical (unpaired) electrons. The first-order valence-electron chi connectivity index (χ1n) is 9.22. The molecule has 0 spiro atoms. The molecule has 136 valence electrons. The fourth-order valence-corrected chi connectivity index (χ4v) is 3.86. The van der Waals surface area contributed by atoms with Crippen LogP contribution in [0.5, 0.6) is 0 Å². The highest BCUT2D eigenvalue weighted by molar-refractivity contribution is 6.23. The first kappa shape index (κ1) is 18.6. The molecule has 0 aliphatic heterocycles. The van der Waals surface area contributed by atoms with Gasteiger partial charge in [0.2, 0.25) is 0 Å². The molecule has 2 nitrogen and oxygen atoms in total. The van der Waals surface area contributed by atoms with Crippen molar-refractivity contribution in [3.05, 3.63) is 43.8 Å². The highest BCUT2D eigenvalue weighted by atomic mass is 16.1. The van der Waals surface area contributed by atoms with Gasteiger partial charge in [0.25, 0.3) is 0 Å². The molecule has 0 aromatic heterocycles. The molecule has 1 aromatic rings. The molecule has 0 heterocycles. The zero-order valence-electron chi connectivity index (χ0n) is 17.1. The van der Waals surface area contributed by atoms with Gasteiger partial charge < -0.3 is 0 Å². The van der Waals surface area contributed by atoms with Crippen molar-refractivity contribution >= 4 is 35.9 Å². The van der Waals surface area contributed by atoms with Crippen LogP contribution in [0.2, 0.25) is 0 Å². The highest BCUT2D eigenvalue weighted by Crippen LogP contribution is 2.32. The van der Waals surface area contributed by atoms with E-state index in [2.05, 4.69) is 55.4 Å². The summed E-state index contributed by atoms with van der Waals surface area (Å²) in [5.41, 5.74) is 5.51. The Hall–Kier alpha value is -2.22. The highest BCUT2D eigenvalue weighted by Gasteiger charge is 2.29. The van der Waals surface area contributed by atoms with Gasteiger partial charge in [-0.3, -0.25) is 9.59 Å². The maximum absolute atomic E-state index is 12.7. The van der Waals surface area contributed by atoms with Gasteiger partial charge in [-0.2, -0.15) is 0 Å². The van der Waals surface area contributed by atoms with Crippen LogP contribution < -0.4 is 10.4 Å². The molecule has 2 heteroatoms. The van der Waals surface area contributed by atoms with E-state index in [1.54, 1.807) is 12.2 Å². The summed E-state index contributed by atoms with van der Waals surface area (Å²) in [5.74, 6) is 0.173. The summed E-state index contributed by atoms with van der Waals surface area (Å²) in [7, 11) is 0. The Kier molecular flexibility index (Phi) is 4.03. The van der Waals surface area contributed by atoms with Crippen molar-refractivity contribution < 1.29 is 9.59 Å². The van der Waals surface area contributed by atoms with Crippen molar-refractivity contribution in [2.75, 3.05) is 0 Å². The first-order valence-corrected chi connectivity index (χ1v) is 9.22. The number of allylic oxidation sites excluding steroid dienone is 2. The Morgan fingerprint density at radius 3 is 1.15 bits per heavy atom. The minimum Gasteiger partial charge on any atom is -0.290 e. The van der Waals surface area contributed by atoms with Crippen LogP contribution >= 0.6 is 0 Å². The third-order valence-electron chi connectivity index (χ3n) is 5.47. The van der Waals surface area contributed by atoms with Gasteiger partial charge in [0, 0.05) is 11.1 Å². The molecule has 2 aliphatic carbocycles. The van der Waals surface area contributed by atoms with E-state index in [4.69, 9.17) is 0 Å². The Bertz CT molecular complexity index is 944. The molecule has 2 aliphatic rings. The molecular weight excluding hydrogens is 320 g/mol. The Balaban J connectivity index is 2.40. The zero-order chi connectivity index (χ0) is 19.6. The molecular formula is C24H28O2. The lowest BCUT2D eigenvalue weighted by Gasteiger charge is -2.27. The first-order chi connectivity index (χ1) is 11.8. The van der Waals surface area contributed by atoms with E-state index in [9.17, 15) is 9.59 Å². The number of rotatable bonds is 0. The van der Waals surface area contributed by atoms with Gasteiger partial charge in [0.15, 0.2) is 11.6 Å². The van der Waals surface area contributed by atoms with Crippen molar-refractivity contribution in [2.24, 2.45) is 10.8 Å². The number of ketones is 2. The van der Waals surface area contributed by atoms with Gasteiger partial charge in [-0.05, 0) is 81.7 Å². The second-order valence-electron chi connectivity index (χ2n) is 9.54. The number of fused-ring (bicyclic) bond motifs is 2. The van der Waals surface area contributed by atoms with E-state index in [0.29, 0.717) is 0 Å². The van der Waals surface area contributed by atoms with Crippen LogP contribution in [0.25, 0.3) is 24.3 Å². The third kappa shape index (κ3) is 2.82. The molecule has 1 aromatic carbocycles. The van der Waals surface area contributed by atoms with Gasteiger partial charge in [-0.15, -0.1) is 0 Å². The summed E-state index contributed by atoms with van der Waals surface area (Å²) in [5, 5.41) is 1.98. The van der Waals surface area contributed by atoms with E-state index in [-0.39, 0.29) is 22.4 Å². The van der Waals surface area contributed by atoms with Crippen LogP contribution in [0.3, 0.4) is 0 Å². The Morgan fingerprint density at radius 2 is 0.885 bits per heavy atom. The fourth-order valence-electron chi connectivity index (χ4n) is 3.86. The standard InChI is InChI=1S/C24H28O2/c1-13-15-9-19(23(3,4)5)22(26)12-18(15)14(2)16-10-20(24(6,7)8)21(25)11-17(13)16/h9-12H,1-8H3. The van der Waals surface area contributed by atoms with Crippen molar-refractivity contribution in [1.29, 1.82) is 0 Å². The maximum atomic E-state index is 12.7. The zero-order valence-corrected chi connectivity index (χ0v) is 17.1.